The molecule has 0 bridgehead atoms. The maximum Gasteiger partial charge on any atom is 0.228 e. The second-order valence-electron chi connectivity index (χ2n) is 6.33. The molecule has 1 fully saturated rings. The first-order chi connectivity index (χ1) is 12.6. The molecule has 0 radical (unpaired) electrons. The summed E-state index contributed by atoms with van der Waals surface area (Å²) in [5, 5.41) is 0. The van der Waals surface area contributed by atoms with Crippen LogP contribution in [0.1, 0.15) is 12.0 Å². The first kappa shape index (κ1) is 20.2. The van der Waals surface area contributed by atoms with E-state index >= 15 is 0 Å². The number of carbonyl (C=O) groups is 2. The van der Waals surface area contributed by atoms with Gasteiger partial charge in [-0.25, -0.2) is 0 Å². The summed E-state index contributed by atoms with van der Waals surface area (Å²) in [7, 11) is 4.83. The maximum atomic E-state index is 12.8. The van der Waals surface area contributed by atoms with E-state index in [1.165, 1.54) is 0 Å². The maximum absolute atomic E-state index is 12.8. The van der Waals surface area contributed by atoms with E-state index in [-0.39, 0.29) is 24.2 Å². The molecule has 2 rings (SSSR count). The zero-order valence-electron chi connectivity index (χ0n) is 15.8. The fourth-order valence-electron chi connectivity index (χ4n) is 3.04. The summed E-state index contributed by atoms with van der Waals surface area (Å²) in [5.41, 5.74) is 1.02. The van der Waals surface area contributed by atoms with Crippen molar-refractivity contribution in [2.75, 3.05) is 54.2 Å². The Morgan fingerprint density at radius 2 is 1.73 bits per heavy atom. The van der Waals surface area contributed by atoms with Crippen LogP contribution in [0.4, 0.5) is 0 Å². The molecule has 1 aliphatic rings. The molecular weight excluding hydrogens is 336 g/mol. The lowest BCUT2D eigenvalue weighted by atomic mass is 10.1. The summed E-state index contributed by atoms with van der Waals surface area (Å²) in [6.45, 7) is 2.88. The van der Waals surface area contributed by atoms with Gasteiger partial charge in [0.1, 0.15) is 5.75 Å². The number of nitrogens with zero attached hydrogens (tertiary/aromatic N) is 2. The molecule has 0 aliphatic carbocycles. The highest BCUT2D eigenvalue weighted by Crippen LogP contribution is 2.23. The van der Waals surface area contributed by atoms with E-state index < -0.39 is 0 Å². The van der Waals surface area contributed by atoms with Gasteiger partial charge in [0.25, 0.3) is 0 Å². The normalized spacial score (nSPS) is 16.8. The summed E-state index contributed by atoms with van der Waals surface area (Å²) < 4.78 is 15.3. The minimum absolute atomic E-state index is 0.00955. The molecule has 7 heteroatoms. The third-order valence-electron chi connectivity index (χ3n) is 4.54. The molecule has 1 unspecified atom stereocenters. The number of amides is 2. The van der Waals surface area contributed by atoms with Gasteiger partial charge in [-0.05, 0) is 17.7 Å². The van der Waals surface area contributed by atoms with Gasteiger partial charge in [0.15, 0.2) is 0 Å². The number of benzene rings is 1. The number of hydrogen-bond donors (Lipinski definition) is 0. The van der Waals surface area contributed by atoms with Crippen LogP contribution >= 0.6 is 0 Å². The van der Waals surface area contributed by atoms with Gasteiger partial charge in [0.05, 0.1) is 26.2 Å². The van der Waals surface area contributed by atoms with Gasteiger partial charge in [0.2, 0.25) is 11.8 Å². The van der Waals surface area contributed by atoms with Crippen LogP contribution in [-0.2, 0) is 25.6 Å². The Bertz CT molecular complexity index is 582. The molecule has 0 spiro atoms. The van der Waals surface area contributed by atoms with E-state index in [4.69, 9.17) is 14.2 Å². The first-order valence-corrected chi connectivity index (χ1v) is 8.76. The highest BCUT2D eigenvalue weighted by molar-refractivity contribution is 5.89. The highest BCUT2D eigenvalue weighted by Gasteiger charge is 2.36. The third-order valence-corrected chi connectivity index (χ3v) is 4.54. The Labute approximate surface area is 154 Å². The number of ether oxygens (including phenoxy) is 3. The van der Waals surface area contributed by atoms with E-state index in [2.05, 4.69) is 0 Å². The van der Waals surface area contributed by atoms with Gasteiger partial charge in [-0.1, -0.05) is 12.1 Å². The quantitative estimate of drug-likeness (QED) is 0.623. The summed E-state index contributed by atoms with van der Waals surface area (Å²) in [4.78, 5) is 28.6. The topological polar surface area (TPSA) is 68.3 Å². The summed E-state index contributed by atoms with van der Waals surface area (Å²) in [6, 6.07) is 7.61. The molecular formula is C19H28N2O5. The second kappa shape index (κ2) is 10.1. The molecule has 1 saturated heterocycles. The predicted octanol–water partition coefficient (Wildman–Crippen LogP) is 1.17. The monoisotopic (exact) mass is 364 g/mol. The van der Waals surface area contributed by atoms with Crippen molar-refractivity contribution >= 4 is 11.8 Å². The van der Waals surface area contributed by atoms with Crippen LogP contribution in [0.5, 0.6) is 5.75 Å². The molecule has 1 aromatic carbocycles. The number of hydrogen-bond acceptors (Lipinski definition) is 5. The average molecular weight is 364 g/mol. The van der Waals surface area contributed by atoms with E-state index in [1.807, 2.05) is 24.3 Å². The Kier molecular flexibility index (Phi) is 7.87. The zero-order valence-corrected chi connectivity index (χ0v) is 15.8. The molecule has 1 aromatic rings. The number of rotatable bonds is 10. The third kappa shape index (κ3) is 5.44. The van der Waals surface area contributed by atoms with Crippen molar-refractivity contribution in [2.24, 2.45) is 5.92 Å². The van der Waals surface area contributed by atoms with Crippen LogP contribution in [-0.4, -0.2) is 75.8 Å². The van der Waals surface area contributed by atoms with Gasteiger partial charge in [0, 0.05) is 46.8 Å². The first-order valence-electron chi connectivity index (χ1n) is 8.76. The van der Waals surface area contributed by atoms with E-state index in [9.17, 15) is 9.59 Å². The zero-order chi connectivity index (χ0) is 18.9. The lowest BCUT2D eigenvalue weighted by Gasteiger charge is -2.25. The summed E-state index contributed by atoms with van der Waals surface area (Å²) >= 11 is 0. The van der Waals surface area contributed by atoms with E-state index in [0.29, 0.717) is 39.4 Å². The molecule has 26 heavy (non-hydrogen) atoms. The fraction of sp³-hybridized carbons (Fsp3) is 0.579. The SMILES string of the molecule is COCCN(CCOC)C(=O)C1CC(=O)N(Cc2ccc(OC)cc2)C1. The standard InChI is InChI=1S/C19H28N2O5/c1-24-10-8-20(9-11-25-2)19(23)16-12-18(22)21(14-16)13-15-4-6-17(26-3)7-5-15/h4-7,16H,8-14H2,1-3H3. The average Bonchev–Trinajstić information content (AvgIpc) is 3.02. The molecule has 0 aromatic heterocycles. The molecule has 1 heterocycles. The van der Waals surface area contributed by atoms with Crippen LogP contribution in [0.2, 0.25) is 0 Å². The van der Waals surface area contributed by atoms with Crippen molar-refractivity contribution in [1.29, 1.82) is 0 Å². The Morgan fingerprint density at radius 3 is 2.27 bits per heavy atom. The molecule has 2 amide bonds. The lowest BCUT2D eigenvalue weighted by molar-refractivity contribution is -0.137. The fourth-order valence-corrected chi connectivity index (χ4v) is 3.04. The van der Waals surface area contributed by atoms with Crippen LogP contribution in [0.25, 0.3) is 0 Å². The minimum Gasteiger partial charge on any atom is -0.497 e. The van der Waals surface area contributed by atoms with Gasteiger partial charge >= 0.3 is 0 Å². The van der Waals surface area contributed by atoms with Gasteiger partial charge in [-0.15, -0.1) is 0 Å². The molecule has 1 aliphatic heterocycles. The minimum atomic E-state index is -0.311. The smallest absolute Gasteiger partial charge is 0.228 e. The Hall–Kier alpha value is -2.12. The van der Waals surface area contributed by atoms with E-state index in [1.54, 1.807) is 31.1 Å². The van der Waals surface area contributed by atoms with Crippen LogP contribution in [0.15, 0.2) is 24.3 Å². The van der Waals surface area contributed by atoms with Crippen molar-refractivity contribution in [2.45, 2.75) is 13.0 Å². The highest BCUT2D eigenvalue weighted by atomic mass is 16.5. The molecule has 1 atom stereocenters. The van der Waals surface area contributed by atoms with Crippen LogP contribution in [0.3, 0.4) is 0 Å². The number of carbonyl (C=O) groups excluding carboxylic acids is 2. The van der Waals surface area contributed by atoms with Gasteiger partial charge < -0.3 is 24.0 Å². The molecule has 7 nitrogen and oxygen atoms in total. The second-order valence-corrected chi connectivity index (χ2v) is 6.33. The largest absolute Gasteiger partial charge is 0.497 e. The van der Waals surface area contributed by atoms with Crippen molar-refractivity contribution in [1.82, 2.24) is 9.80 Å². The van der Waals surface area contributed by atoms with Crippen molar-refractivity contribution in [3.63, 3.8) is 0 Å². The van der Waals surface area contributed by atoms with Crippen molar-refractivity contribution in [3.8, 4) is 5.75 Å². The number of likely N-dealkylation sites (tertiary alicyclic amines) is 1. The Morgan fingerprint density at radius 1 is 1.12 bits per heavy atom. The van der Waals surface area contributed by atoms with Crippen LogP contribution < -0.4 is 4.74 Å². The van der Waals surface area contributed by atoms with Crippen molar-refractivity contribution < 1.29 is 23.8 Å². The molecule has 144 valence electrons. The Balaban J connectivity index is 1.96. The summed E-state index contributed by atoms with van der Waals surface area (Å²) in [5.74, 6) is 0.471. The predicted molar refractivity (Wildman–Crippen MR) is 96.9 cm³/mol. The lowest BCUT2D eigenvalue weighted by Crippen LogP contribution is -2.41. The van der Waals surface area contributed by atoms with Crippen molar-refractivity contribution in [3.05, 3.63) is 29.8 Å². The molecule has 0 saturated carbocycles. The number of methoxy groups -OCH3 is 3. The summed E-state index contributed by atoms with van der Waals surface area (Å²) in [6.07, 6.45) is 0.255. The van der Waals surface area contributed by atoms with Gasteiger partial charge in [-0.3, -0.25) is 9.59 Å². The van der Waals surface area contributed by atoms with Gasteiger partial charge in [-0.2, -0.15) is 0 Å². The van der Waals surface area contributed by atoms with E-state index in [0.717, 1.165) is 11.3 Å². The molecule has 0 N–H and O–H groups in total. The van der Waals surface area contributed by atoms with Crippen LogP contribution in [0, 0.1) is 5.92 Å².